The molecule has 0 radical (unpaired) electrons. The monoisotopic (exact) mass is 608 g/mol. The zero-order chi connectivity index (χ0) is 29.1. The molecule has 0 saturated carbocycles. The van der Waals surface area contributed by atoms with Gasteiger partial charge in [0.25, 0.3) is 0 Å². The Morgan fingerprint density at radius 3 is 2.44 bits per heavy atom. The Balaban J connectivity index is 1.80. The van der Waals surface area contributed by atoms with Crippen molar-refractivity contribution < 1.29 is 48.0 Å². The predicted molar refractivity (Wildman–Crippen MR) is 141 cm³/mol. The first-order valence-electron chi connectivity index (χ1n) is 11.4. The quantitative estimate of drug-likeness (QED) is 0.0900. The van der Waals surface area contributed by atoms with Gasteiger partial charge in [0.2, 0.25) is 0 Å². The summed E-state index contributed by atoms with van der Waals surface area (Å²) >= 11 is 6.19. The van der Waals surface area contributed by atoms with Crippen LogP contribution in [0.15, 0.2) is 48.2 Å². The highest BCUT2D eigenvalue weighted by atomic mass is 35.5. The molecular weight excluding hydrogens is 581 g/mol. The van der Waals surface area contributed by atoms with Crippen molar-refractivity contribution in [1.29, 1.82) is 0 Å². The van der Waals surface area contributed by atoms with E-state index in [2.05, 4.69) is 15.4 Å². The average molecular weight is 609 g/mol. The summed E-state index contributed by atoms with van der Waals surface area (Å²) < 4.78 is 41.8. The molecule has 3 rings (SSSR count). The molecule has 2 heterocycles. The molecule has 3 aromatic rings. The van der Waals surface area contributed by atoms with Crippen molar-refractivity contribution in [2.75, 3.05) is 17.8 Å². The normalized spacial score (nSPS) is 17.4. The van der Waals surface area contributed by atoms with Crippen molar-refractivity contribution in [2.45, 2.75) is 38.3 Å². The highest BCUT2D eigenvalue weighted by Gasteiger charge is 2.34. The zero-order valence-electron chi connectivity index (χ0n) is 20.7. The van der Waals surface area contributed by atoms with E-state index in [-0.39, 0.29) is 28.2 Å². The van der Waals surface area contributed by atoms with E-state index in [0.717, 1.165) is 10.2 Å². The third-order valence-corrected chi connectivity index (χ3v) is 9.33. The molecule has 214 valence electrons. The van der Waals surface area contributed by atoms with E-state index in [1.807, 2.05) is 6.92 Å². The van der Waals surface area contributed by atoms with Gasteiger partial charge in [-0.2, -0.15) is 5.10 Å². The Hall–Kier alpha value is -2.22. The van der Waals surface area contributed by atoms with Gasteiger partial charge in [-0.15, -0.1) is 0 Å². The molecule has 1 unspecified atom stereocenters. The largest absolute Gasteiger partial charge is 0.386 e. The minimum absolute atomic E-state index is 0.0200. The maximum atomic E-state index is 13.3. The Labute approximate surface area is 227 Å². The molecule has 0 saturated heterocycles. The first-order chi connectivity index (χ1) is 18.1. The zero-order valence-corrected chi connectivity index (χ0v) is 23.2. The first kappa shape index (κ1) is 31.3. The number of aromatic nitrogens is 3. The van der Waals surface area contributed by atoms with Gasteiger partial charge in [0.05, 0.1) is 23.9 Å². The maximum absolute atomic E-state index is 13.3. The van der Waals surface area contributed by atoms with E-state index in [0.29, 0.717) is 11.1 Å². The molecule has 0 fully saturated rings. The number of nitrogens with one attached hydrogen (secondary N) is 1. The number of nitrogens with zero attached hydrogens (tertiary/aromatic N) is 3. The number of anilines is 1. The number of halogens is 2. The molecule has 0 amide bonds. The third kappa shape index (κ3) is 8.15. The summed E-state index contributed by atoms with van der Waals surface area (Å²) in [6.45, 7) is 2.48. The molecule has 39 heavy (non-hydrogen) atoms. The number of rotatable bonds is 12. The number of hydrogen-bond donors (Lipinski definition) is 7. The fourth-order valence-electron chi connectivity index (χ4n) is 3.68. The molecule has 13 nitrogen and oxygen atoms in total. The summed E-state index contributed by atoms with van der Waals surface area (Å²) in [5.74, 6) is -1.81. The van der Waals surface area contributed by atoms with Crippen LogP contribution in [0.2, 0.25) is 5.15 Å². The van der Waals surface area contributed by atoms with Gasteiger partial charge < -0.3 is 39.8 Å². The summed E-state index contributed by atoms with van der Waals surface area (Å²) in [4.78, 5) is 31.6. The average Bonchev–Trinajstić information content (AvgIpc) is 3.26. The van der Waals surface area contributed by atoms with Gasteiger partial charge in [-0.05, 0) is 43.2 Å². The summed E-state index contributed by atoms with van der Waals surface area (Å²) in [6, 6.07) is 7.10. The van der Waals surface area contributed by atoms with E-state index in [9.17, 15) is 33.7 Å². The first-order valence-corrected chi connectivity index (χ1v) is 15.3. The van der Waals surface area contributed by atoms with Gasteiger partial charge in [0, 0.05) is 6.04 Å². The van der Waals surface area contributed by atoms with Crippen LogP contribution in [0.3, 0.4) is 0 Å². The third-order valence-electron chi connectivity index (χ3n) is 5.70. The Morgan fingerprint density at radius 1 is 1.21 bits per heavy atom. The molecule has 2 aromatic heterocycles. The lowest BCUT2D eigenvalue weighted by Crippen LogP contribution is -2.37. The lowest BCUT2D eigenvalue weighted by atomic mass is 10.0. The van der Waals surface area contributed by atoms with Gasteiger partial charge in [-0.25, -0.2) is 14.1 Å². The molecule has 0 spiro atoms. The lowest BCUT2D eigenvalue weighted by molar-refractivity contribution is -0.0845. The number of aliphatic hydroxyl groups is 3. The summed E-state index contributed by atoms with van der Waals surface area (Å²) in [5, 5.41) is 39.8. The Kier molecular flexibility index (Phi) is 10.1. The molecule has 0 aliphatic heterocycles. The minimum Gasteiger partial charge on any atom is -0.386 e. The number of hydrogen-bond acceptors (Lipinski definition) is 9. The molecule has 7 N–H and O–H groups in total. The molecule has 0 aliphatic rings. The predicted octanol–water partition coefficient (Wildman–Crippen LogP) is 2.89. The van der Waals surface area contributed by atoms with Crippen LogP contribution in [-0.4, -0.2) is 69.5 Å². The summed E-state index contributed by atoms with van der Waals surface area (Å²) in [6.07, 6.45) is -3.07. The number of aliphatic hydroxyl groups excluding tert-OH is 3. The summed E-state index contributed by atoms with van der Waals surface area (Å²) in [5.41, 5.74) is 1.15. The number of fused-ring (bicyclic) bond motifs is 1. The second-order valence-electron chi connectivity index (χ2n) is 8.67. The van der Waals surface area contributed by atoms with Crippen LogP contribution in [0.5, 0.6) is 0 Å². The van der Waals surface area contributed by atoms with Crippen LogP contribution in [0.25, 0.3) is 11.0 Å². The van der Waals surface area contributed by atoms with Crippen molar-refractivity contribution in [3.63, 3.8) is 0 Å². The second kappa shape index (κ2) is 12.5. The fraction of sp³-hybridized carbons (Fsp3) is 0.364. The minimum atomic E-state index is -4.87. The fourth-order valence-corrected chi connectivity index (χ4v) is 6.41. The molecule has 1 aromatic carbocycles. The van der Waals surface area contributed by atoms with Crippen molar-refractivity contribution in [1.82, 2.24) is 14.8 Å². The number of allylic oxidation sites excluding steroid dienone is 1. The molecule has 5 atom stereocenters. The van der Waals surface area contributed by atoms with Crippen LogP contribution >= 0.6 is 26.8 Å². The van der Waals surface area contributed by atoms with Crippen LogP contribution in [0, 0.1) is 5.82 Å². The SMILES string of the molecule is C/C=C(/COP(=O)(O)CP(=O)(O)O)[C@@H](O)[C@@H](O)[C@@H](O)n1ncc2c(N[C@@H](C)c3ccc(F)cc3)cc(Cl)nc21. The Bertz CT molecular complexity index is 1430. The Morgan fingerprint density at radius 2 is 1.85 bits per heavy atom. The van der Waals surface area contributed by atoms with Crippen LogP contribution in [0.1, 0.15) is 31.7 Å². The van der Waals surface area contributed by atoms with E-state index >= 15 is 0 Å². The second-order valence-corrected chi connectivity index (χ2v) is 13.0. The van der Waals surface area contributed by atoms with Gasteiger partial charge in [-0.3, -0.25) is 9.13 Å². The van der Waals surface area contributed by atoms with Crippen LogP contribution in [0.4, 0.5) is 10.1 Å². The number of benzene rings is 1. The van der Waals surface area contributed by atoms with E-state index in [1.54, 1.807) is 12.1 Å². The van der Waals surface area contributed by atoms with E-state index < -0.39 is 46.1 Å². The van der Waals surface area contributed by atoms with Crippen molar-refractivity contribution in [2.24, 2.45) is 0 Å². The van der Waals surface area contributed by atoms with Gasteiger partial charge in [0.15, 0.2) is 17.8 Å². The van der Waals surface area contributed by atoms with Crippen molar-refractivity contribution in [3.05, 3.63) is 64.7 Å². The smallest absolute Gasteiger partial charge is 0.340 e. The van der Waals surface area contributed by atoms with Crippen molar-refractivity contribution in [3.8, 4) is 0 Å². The highest BCUT2D eigenvalue weighted by molar-refractivity contribution is 7.70. The van der Waals surface area contributed by atoms with Gasteiger partial charge >= 0.3 is 15.2 Å². The maximum Gasteiger partial charge on any atom is 0.340 e. The summed E-state index contributed by atoms with van der Waals surface area (Å²) in [7, 11) is -9.60. The molecule has 0 bridgehead atoms. The van der Waals surface area contributed by atoms with Gasteiger partial charge in [0.1, 0.15) is 23.2 Å². The van der Waals surface area contributed by atoms with Gasteiger partial charge in [-0.1, -0.05) is 29.8 Å². The molecule has 0 aliphatic carbocycles. The van der Waals surface area contributed by atoms with Crippen LogP contribution < -0.4 is 5.32 Å². The van der Waals surface area contributed by atoms with E-state index in [4.69, 9.17) is 25.9 Å². The topological polar surface area (TPSA) is 207 Å². The molecule has 17 heteroatoms. The van der Waals surface area contributed by atoms with E-state index in [1.165, 1.54) is 37.4 Å². The lowest BCUT2D eigenvalue weighted by Gasteiger charge is -2.26. The van der Waals surface area contributed by atoms with Crippen molar-refractivity contribution >= 4 is 43.5 Å². The number of pyridine rings is 1. The standard InChI is InChI=1S/C22H28ClFN4O9P2/c1-3-13(10-37-39(35,36)11-38(32,33)34)19(29)20(30)22(31)28-21-16(9-25-28)17(8-18(23)27-21)26-12(2)14-4-6-15(24)7-5-14/h3-9,12,19-20,22,29-31H,10-11H2,1-2H3,(H,26,27)(H,35,36)(H2,32,33,34)/b13-3-/t12-,19+,20+,22+/m0/s1. The van der Waals surface area contributed by atoms with Crippen LogP contribution in [-0.2, 0) is 13.7 Å². The molecular formula is C22H28ClFN4O9P2. The highest BCUT2D eigenvalue weighted by Crippen LogP contribution is 2.55.